The molecule has 2 N–H and O–H groups in total. The second-order valence-electron chi connectivity index (χ2n) is 7.85. The normalized spacial score (nSPS) is 20.0. The smallest absolute Gasteiger partial charge is 0.124 e. The van der Waals surface area contributed by atoms with E-state index in [4.69, 9.17) is 10.8 Å². The molecule has 1 saturated carbocycles. The van der Waals surface area contributed by atoms with Crippen LogP contribution in [0.25, 0.3) is 33.4 Å². The zero-order valence-electron chi connectivity index (χ0n) is 16.6. The van der Waals surface area contributed by atoms with E-state index < -0.39 is 5.54 Å². The number of nitrogens with two attached hydrogens (primary N) is 1. The van der Waals surface area contributed by atoms with Crippen LogP contribution in [0.3, 0.4) is 0 Å². The van der Waals surface area contributed by atoms with Gasteiger partial charge >= 0.3 is 0 Å². The minimum atomic E-state index is -0.519. The van der Waals surface area contributed by atoms with Gasteiger partial charge in [0.1, 0.15) is 11.5 Å². The Labute approximate surface area is 178 Å². The molecule has 0 bridgehead atoms. The van der Waals surface area contributed by atoms with Crippen molar-refractivity contribution >= 4 is 16.7 Å². The Kier molecular flexibility index (Phi) is 4.34. The standard InChI is InChI=1S/C23H18N8/c24-7-6-23(11-15(12-23)13-25)31-28-14-21(30-31)18-9-16(19-4-1-5-22(26)29-19)10-20-17(18)3-2-8-27-20/h1-5,8-10,14-15H,6,11-12H2,(H2,26,29)/t15-,23-. The molecule has 1 fully saturated rings. The number of hydrogen-bond acceptors (Lipinski definition) is 7. The van der Waals surface area contributed by atoms with Gasteiger partial charge in [-0.25, -0.2) is 4.98 Å². The summed E-state index contributed by atoms with van der Waals surface area (Å²) in [6.45, 7) is 0. The zero-order valence-corrected chi connectivity index (χ0v) is 16.6. The van der Waals surface area contributed by atoms with Gasteiger partial charge in [-0.2, -0.15) is 25.5 Å². The molecule has 1 aliphatic rings. The van der Waals surface area contributed by atoms with E-state index in [1.807, 2.05) is 36.4 Å². The molecule has 0 saturated heterocycles. The third-order valence-electron chi connectivity index (χ3n) is 5.82. The summed E-state index contributed by atoms with van der Waals surface area (Å²) in [5.41, 5.74) is 9.36. The van der Waals surface area contributed by atoms with Crippen molar-refractivity contribution in [3.63, 3.8) is 0 Å². The fourth-order valence-corrected chi connectivity index (χ4v) is 4.24. The summed E-state index contributed by atoms with van der Waals surface area (Å²) < 4.78 is 0. The minimum absolute atomic E-state index is 0.0641. The van der Waals surface area contributed by atoms with E-state index in [0.29, 0.717) is 24.4 Å². The van der Waals surface area contributed by atoms with Crippen molar-refractivity contribution in [2.75, 3.05) is 5.73 Å². The highest BCUT2D eigenvalue weighted by Gasteiger charge is 2.48. The number of benzene rings is 1. The summed E-state index contributed by atoms with van der Waals surface area (Å²) in [7, 11) is 0. The van der Waals surface area contributed by atoms with Crippen LogP contribution in [0, 0.1) is 28.6 Å². The van der Waals surface area contributed by atoms with E-state index in [-0.39, 0.29) is 12.3 Å². The van der Waals surface area contributed by atoms with Crippen molar-refractivity contribution in [3.8, 4) is 34.7 Å². The van der Waals surface area contributed by atoms with E-state index in [1.54, 1.807) is 23.3 Å². The lowest BCUT2D eigenvalue weighted by Crippen LogP contribution is -2.47. The molecule has 0 radical (unpaired) electrons. The number of pyridine rings is 2. The predicted octanol–water partition coefficient (Wildman–Crippen LogP) is 3.68. The first-order valence-electron chi connectivity index (χ1n) is 9.93. The molecule has 0 atom stereocenters. The SMILES string of the molecule is N#CC[C@]1(n2ncc(-c3cc(-c4cccc(N)n4)cc4ncccc34)n2)C[C@H](C#N)C1. The number of fused-ring (bicyclic) bond motifs is 1. The van der Waals surface area contributed by atoms with Gasteiger partial charge in [0.2, 0.25) is 0 Å². The molecule has 0 amide bonds. The Bertz CT molecular complexity index is 1370. The van der Waals surface area contributed by atoms with E-state index >= 15 is 0 Å². The number of anilines is 1. The van der Waals surface area contributed by atoms with Crippen LogP contribution in [0.2, 0.25) is 0 Å². The summed E-state index contributed by atoms with van der Waals surface area (Å²) in [5.74, 6) is 0.382. The lowest BCUT2D eigenvalue weighted by atomic mass is 9.68. The van der Waals surface area contributed by atoms with Gasteiger partial charge in [-0.3, -0.25) is 4.98 Å². The zero-order chi connectivity index (χ0) is 21.4. The molecule has 3 aromatic heterocycles. The average Bonchev–Trinajstić information content (AvgIpc) is 3.25. The maximum atomic E-state index is 9.31. The first-order valence-corrected chi connectivity index (χ1v) is 9.93. The van der Waals surface area contributed by atoms with Gasteiger partial charge in [0.15, 0.2) is 0 Å². The topological polar surface area (TPSA) is 130 Å². The molecule has 0 aliphatic heterocycles. The van der Waals surface area contributed by atoms with Crippen molar-refractivity contribution in [2.24, 2.45) is 5.92 Å². The number of nitrogens with zero attached hydrogens (tertiary/aromatic N) is 7. The maximum Gasteiger partial charge on any atom is 0.124 e. The molecule has 0 unspecified atom stereocenters. The van der Waals surface area contributed by atoms with Crippen molar-refractivity contribution in [2.45, 2.75) is 24.8 Å². The molecule has 8 heteroatoms. The Balaban J connectivity index is 1.63. The van der Waals surface area contributed by atoms with Crippen molar-refractivity contribution in [1.29, 1.82) is 10.5 Å². The fourth-order valence-electron chi connectivity index (χ4n) is 4.24. The molecule has 4 aromatic rings. The molecule has 1 aromatic carbocycles. The molecule has 31 heavy (non-hydrogen) atoms. The first-order chi connectivity index (χ1) is 15.1. The summed E-state index contributed by atoms with van der Waals surface area (Å²) in [5, 5.41) is 28.7. The molecule has 0 spiro atoms. The summed E-state index contributed by atoms with van der Waals surface area (Å²) in [4.78, 5) is 10.6. The van der Waals surface area contributed by atoms with Crippen LogP contribution in [0.4, 0.5) is 5.82 Å². The van der Waals surface area contributed by atoms with E-state index in [1.165, 1.54) is 0 Å². The van der Waals surface area contributed by atoms with Crippen molar-refractivity contribution in [1.82, 2.24) is 25.0 Å². The van der Waals surface area contributed by atoms with Gasteiger partial charge in [-0.1, -0.05) is 12.1 Å². The van der Waals surface area contributed by atoms with Crippen LogP contribution in [0.1, 0.15) is 19.3 Å². The van der Waals surface area contributed by atoms with Crippen LogP contribution in [0.5, 0.6) is 0 Å². The number of rotatable bonds is 4. The number of nitrogen functional groups attached to an aromatic ring is 1. The Morgan fingerprint density at radius 3 is 2.77 bits per heavy atom. The first kappa shape index (κ1) is 18.7. The van der Waals surface area contributed by atoms with E-state index in [0.717, 1.165) is 27.7 Å². The molecule has 3 heterocycles. The van der Waals surface area contributed by atoms with Crippen molar-refractivity contribution < 1.29 is 0 Å². The Morgan fingerprint density at radius 2 is 2.00 bits per heavy atom. The van der Waals surface area contributed by atoms with Gasteiger partial charge in [-0.05, 0) is 43.2 Å². The van der Waals surface area contributed by atoms with Gasteiger partial charge in [0.05, 0.1) is 47.4 Å². The van der Waals surface area contributed by atoms with E-state index in [9.17, 15) is 10.5 Å². The molecule has 1 aliphatic carbocycles. The van der Waals surface area contributed by atoms with E-state index in [2.05, 4.69) is 27.2 Å². The van der Waals surface area contributed by atoms with Gasteiger partial charge < -0.3 is 5.73 Å². The molecule has 5 rings (SSSR count). The lowest BCUT2D eigenvalue weighted by molar-refractivity contribution is 0.0713. The molecule has 8 nitrogen and oxygen atoms in total. The maximum absolute atomic E-state index is 9.31. The van der Waals surface area contributed by atoms with Gasteiger partial charge in [-0.15, -0.1) is 0 Å². The third kappa shape index (κ3) is 3.15. The lowest BCUT2D eigenvalue weighted by Gasteiger charge is -2.42. The van der Waals surface area contributed by atoms with Crippen LogP contribution >= 0.6 is 0 Å². The Morgan fingerprint density at radius 1 is 1.13 bits per heavy atom. The highest BCUT2D eigenvalue weighted by atomic mass is 15.5. The van der Waals surface area contributed by atoms with Crippen molar-refractivity contribution in [3.05, 3.63) is 54.9 Å². The highest BCUT2D eigenvalue weighted by Crippen LogP contribution is 2.45. The number of hydrogen-bond donors (Lipinski definition) is 1. The monoisotopic (exact) mass is 406 g/mol. The number of aromatic nitrogens is 5. The molecular weight excluding hydrogens is 388 g/mol. The quantitative estimate of drug-likeness (QED) is 0.547. The molecular formula is C23H18N8. The largest absolute Gasteiger partial charge is 0.384 e. The van der Waals surface area contributed by atoms with Gasteiger partial charge in [0, 0.05) is 22.7 Å². The van der Waals surface area contributed by atoms with Crippen LogP contribution in [-0.2, 0) is 5.54 Å². The number of nitriles is 2. The van der Waals surface area contributed by atoms with Crippen LogP contribution in [0.15, 0.2) is 54.9 Å². The van der Waals surface area contributed by atoms with Crippen LogP contribution in [-0.4, -0.2) is 25.0 Å². The van der Waals surface area contributed by atoms with Crippen LogP contribution < -0.4 is 5.73 Å². The summed E-state index contributed by atoms with van der Waals surface area (Å²) >= 11 is 0. The average molecular weight is 406 g/mol. The highest BCUT2D eigenvalue weighted by molar-refractivity contribution is 5.96. The second-order valence-corrected chi connectivity index (χ2v) is 7.85. The summed E-state index contributed by atoms with van der Waals surface area (Å²) in [6.07, 6.45) is 4.89. The van der Waals surface area contributed by atoms with Gasteiger partial charge in [0.25, 0.3) is 0 Å². The predicted molar refractivity (Wildman–Crippen MR) is 115 cm³/mol. The minimum Gasteiger partial charge on any atom is -0.384 e. The Hall–Kier alpha value is -4.30. The third-order valence-corrected chi connectivity index (χ3v) is 5.82. The second kappa shape index (κ2) is 7.19. The summed E-state index contributed by atoms with van der Waals surface area (Å²) in [6, 6.07) is 17.9. The molecule has 150 valence electrons. The fraction of sp³-hybridized carbons (Fsp3) is 0.217.